The van der Waals surface area contributed by atoms with Crippen LogP contribution in [0.2, 0.25) is 0 Å². The normalized spacial score (nSPS) is 14.0. The number of carbonyl (C=O) groups excluding carboxylic acids is 1. The highest BCUT2D eigenvalue weighted by Crippen LogP contribution is 2.05. The standard InChI is InChI=1S/C13H25NO2/c1-6-12(13(15)16-5)7-8-14-11(4)9-10(2)3/h7,10-11,14H,6,8-9H2,1-5H3. The zero-order valence-corrected chi connectivity index (χ0v) is 11.2. The van der Waals surface area contributed by atoms with E-state index in [2.05, 4.69) is 26.1 Å². The Morgan fingerprint density at radius 1 is 1.38 bits per heavy atom. The lowest BCUT2D eigenvalue weighted by Gasteiger charge is -2.14. The summed E-state index contributed by atoms with van der Waals surface area (Å²) in [4.78, 5) is 11.3. The summed E-state index contributed by atoms with van der Waals surface area (Å²) >= 11 is 0. The molecule has 0 spiro atoms. The summed E-state index contributed by atoms with van der Waals surface area (Å²) in [6.45, 7) is 9.27. The molecule has 16 heavy (non-hydrogen) atoms. The second-order valence-corrected chi connectivity index (χ2v) is 4.51. The van der Waals surface area contributed by atoms with Gasteiger partial charge in [-0.2, -0.15) is 0 Å². The van der Waals surface area contributed by atoms with Crippen LogP contribution >= 0.6 is 0 Å². The molecule has 1 N–H and O–H groups in total. The number of hydrogen-bond donors (Lipinski definition) is 1. The van der Waals surface area contributed by atoms with E-state index in [4.69, 9.17) is 4.74 Å². The fourth-order valence-electron chi connectivity index (χ4n) is 1.68. The number of esters is 1. The van der Waals surface area contributed by atoms with Crippen molar-refractivity contribution in [3.63, 3.8) is 0 Å². The van der Waals surface area contributed by atoms with Gasteiger partial charge < -0.3 is 10.1 Å². The Balaban J connectivity index is 4.00. The molecule has 0 bridgehead atoms. The van der Waals surface area contributed by atoms with Gasteiger partial charge in [0.2, 0.25) is 0 Å². The molecule has 0 heterocycles. The van der Waals surface area contributed by atoms with E-state index in [-0.39, 0.29) is 5.97 Å². The van der Waals surface area contributed by atoms with Crippen LogP contribution in [0, 0.1) is 5.92 Å². The summed E-state index contributed by atoms with van der Waals surface area (Å²) < 4.78 is 4.69. The Labute approximate surface area is 99.3 Å². The zero-order valence-electron chi connectivity index (χ0n) is 11.2. The second-order valence-electron chi connectivity index (χ2n) is 4.51. The molecular formula is C13H25NO2. The molecule has 0 saturated heterocycles. The predicted octanol–water partition coefficient (Wildman–Crippen LogP) is 2.52. The van der Waals surface area contributed by atoms with Crippen LogP contribution in [0.1, 0.15) is 40.5 Å². The molecule has 0 saturated carbocycles. The van der Waals surface area contributed by atoms with Gasteiger partial charge in [0.1, 0.15) is 0 Å². The van der Waals surface area contributed by atoms with E-state index in [1.54, 1.807) is 0 Å². The number of carbonyl (C=O) groups is 1. The maximum absolute atomic E-state index is 11.3. The minimum absolute atomic E-state index is 0.221. The molecule has 0 aromatic carbocycles. The number of nitrogens with one attached hydrogen (secondary N) is 1. The van der Waals surface area contributed by atoms with Crippen molar-refractivity contribution in [1.29, 1.82) is 0 Å². The van der Waals surface area contributed by atoms with E-state index < -0.39 is 0 Å². The third kappa shape index (κ3) is 6.62. The number of rotatable bonds is 7. The van der Waals surface area contributed by atoms with Crippen LogP contribution in [-0.2, 0) is 9.53 Å². The summed E-state index contributed by atoms with van der Waals surface area (Å²) in [5.41, 5.74) is 0.742. The number of ether oxygens (including phenoxy) is 1. The summed E-state index contributed by atoms with van der Waals surface area (Å²) in [6, 6.07) is 0.479. The Morgan fingerprint density at radius 2 is 2.00 bits per heavy atom. The van der Waals surface area contributed by atoms with Gasteiger partial charge in [-0.25, -0.2) is 4.79 Å². The van der Waals surface area contributed by atoms with E-state index in [9.17, 15) is 4.79 Å². The van der Waals surface area contributed by atoms with Crippen molar-refractivity contribution in [2.45, 2.75) is 46.6 Å². The van der Waals surface area contributed by atoms with E-state index in [0.29, 0.717) is 18.4 Å². The van der Waals surface area contributed by atoms with Crippen molar-refractivity contribution in [1.82, 2.24) is 5.32 Å². The van der Waals surface area contributed by atoms with Gasteiger partial charge in [-0.1, -0.05) is 26.8 Å². The summed E-state index contributed by atoms with van der Waals surface area (Å²) in [7, 11) is 1.42. The van der Waals surface area contributed by atoms with Crippen LogP contribution in [-0.4, -0.2) is 25.7 Å². The lowest BCUT2D eigenvalue weighted by atomic mass is 10.1. The SMILES string of the molecule is CCC(=CCNC(C)CC(C)C)C(=O)OC. The minimum Gasteiger partial charge on any atom is -0.466 e. The zero-order chi connectivity index (χ0) is 12.6. The van der Waals surface area contributed by atoms with Crippen LogP contribution in [0.15, 0.2) is 11.6 Å². The van der Waals surface area contributed by atoms with Crippen molar-refractivity contribution in [3.8, 4) is 0 Å². The molecule has 0 fully saturated rings. The van der Waals surface area contributed by atoms with E-state index >= 15 is 0 Å². The lowest BCUT2D eigenvalue weighted by Crippen LogP contribution is -2.27. The van der Waals surface area contributed by atoms with Crippen molar-refractivity contribution < 1.29 is 9.53 Å². The van der Waals surface area contributed by atoms with Gasteiger partial charge in [-0.05, 0) is 25.7 Å². The molecule has 0 aromatic rings. The third-order valence-corrected chi connectivity index (χ3v) is 2.47. The van der Waals surface area contributed by atoms with Crippen LogP contribution in [0.3, 0.4) is 0 Å². The van der Waals surface area contributed by atoms with Gasteiger partial charge in [0.05, 0.1) is 7.11 Å². The first-order valence-corrected chi connectivity index (χ1v) is 6.01. The predicted molar refractivity (Wildman–Crippen MR) is 67.3 cm³/mol. The fraction of sp³-hybridized carbons (Fsp3) is 0.769. The van der Waals surface area contributed by atoms with Crippen LogP contribution in [0.4, 0.5) is 0 Å². The average molecular weight is 227 g/mol. The molecule has 1 unspecified atom stereocenters. The first kappa shape index (κ1) is 15.2. The summed E-state index contributed by atoms with van der Waals surface area (Å²) in [6.07, 6.45) is 3.78. The quantitative estimate of drug-likeness (QED) is 0.536. The van der Waals surface area contributed by atoms with Crippen LogP contribution in [0.5, 0.6) is 0 Å². The monoisotopic (exact) mass is 227 g/mol. The first-order chi connectivity index (χ1) is 7.51. The van der Waals surface area contributed by atoms with Crippen molar-refractivity contribution >= 4 is 5.97 Å². The molecule has 0 amide bonds. The maximum Gasteiger partial charge on any atom is 0.333 e. The Morgan fingerprint density at radius 3 is 2.44 bits per heavy atom. The molecule has 0 aliphatic heterocycles. The van der Waals surface area contributed by atoms with Gasteiger partial charge in [-0.15, -0.1) is 0 Å². The fourth-order valence-corrected chi connectivity index (χ4v) is 1.68. The highest BCUT2D eigenvalue weighted by molar-refractivity contribution is 5.88. The molecule has 0 aliphatic rings. The third-order valence-electron chi connectivity index (χ3n) is 2.47. The largest absolute Gasteiger partial charge is 0.466 e. The Bertz CT molecular complexity index is 234. The van der Waals surface area contributed by atoms with Gasteiger partial charge in [0, 0.05) is 18.2 Å². The van der Waals surface area contributed by atoms with Gasteiger partial charge in [0.25, 0.3) is 0 Å². The molecule has 94 valence electrons. The average Bonchev–Trinajstić information content (AvgIpc) is 2.22. The molecular weight excluding hydrogens is 202 g/mol. The van der Waals surface area contributed by atoms with Crippen molar-refractivity contribution in [3.05, 3.63) is 11.6 Å². The van der Waals surface area contributed by atoms with Crippen LogP contribution < -0.4 is 5.32 Å². The molecule has 0 radical (unpaired) electrons. The Hall–Kier alpha value is -0.830. The molecule has 1 atom stereocenters. The number of hydrogen-bond acceptors (Lipinski definition) is 3. The van der Waals surface area contributed by atoms with E-state index in [1.165, 1.54) is 7.11 Å². The topological polar surface area (TPSA) is 38.3 Å². The number of methoxy groups -OCH3 is 1. The highest BCUT2D eigenvalue weighted by Gasteiger charge is 2.07. The smallest absolute Gasteiger partial charge is 0.333 e. The van der Waals surface area contributed by atoms with Gasteiger partial charge in [0.15, 0.2) is 0 Å². The second kappa shape index (κ2) is 8.34. The highest BCUT2D eigenvalue weighted by atomic mass is 16.5. The minimum atomic E-state index is -0.221. The molecule has 0 aromatic heterocycles. The van der Waals surface area contributed by atoms with Gasteiger partial charge in [-0.3, -0.25) is 0 Å². The summed E-state index contributed by atoms with van der Waals surface area (Å²) in [5, 5.41) is 3.37. The van der Waals surface area contributed by atoms with Crippen molar-refractivity contribution in [2.24, 2.45) is 5.92 Å². The lowest BCUT2D eigenvalue weighted by molar-refractivity contribution is -0.136. The maximum atomic E-state index is 11.3. The van der Waals surface area contributed by atoms with E-state index in [1.807, 2.05) is 13.0 Å². The first-order valence-electron chi connectivity index (χ1n) is 6.01. The molecule has 0 aliphatic carbocycles. The van der Waals surface area contributed by atoms with Crippen LogP contribution in [0.25, 0.3) is 0 Å². The van der Waals surface area contributed by atoms with Crippen molar-refractivity contribution in [2.75, 3.05) is 13.7 Å². The molecule has 0 rings (SSSR count). The van der Waals surface area contributed by atoms with E-state index in [0.717, 1.165) is 18.5 Å². The molecule has 3 nitrogen and oxygen atoms in total. The molecule has 3 heteroatoms. The van der Waals surface area contributed by atoms with Gasteiger partial charge >= 0.3 is 5.97 Å². The summed E-state index contributed by atoms with van der Waals surface area (Å²) in [5.74, 6) is 0.471. The Kier molecular flexibility index (Phi) is 7.90.